The first-order valence-electron chi connectivity index (χ1n) is 4.39. The second-order valence-electron chi connectivity index (χ2n) is 3.94. The molecule has 1 amide bonds. The Labute approximate surface area is 92.5 Å². The molecular weight excluding hydrogens is 212 g/mol. The van der Waals surface area contributed by atoms with Crippen LogP contribution in [0, 0.1) is 11.3 Å². The number of hydrogen-bond donors (Lipinski definition) is 1. The van der Waals surface area contributed by atoms with Crippen LogP contribution in [0.4, 0.5) is 9.80 Å². The van der Waals surface area contributed by atoms with E-state index in [1.54, 1.807) is 32.2 Å². The molecule has 4 nitrogen and oxygen atoms in total. The van der Waals surface area contributed by atoms with Crippen molar-refractivity contribution in [3.05, 3.63) is 17.0 Å². The number of anilines is 1. The Morgan fingerprint density at radius 2 is 2.27 bits per heavy atom. The van der Waals surface area contributed by atoms with Crippen molar-refractivity contribution in [3.8, 4) is 6.07 Å². The molecule has 1 rings (SSSR count). The Hall–Kier alpha value is -1.54. The minimum atomic E-state index is -0.514. The van der Waals surface area contributed by atoms with Gasteiger partial charge in [0.15, 0.2) is 0 Å². The molecule has 0 radical (unpaired) electrons. The van der Waals surface area contributed by atoms with Crippen LogP contribution >= 0.6 is 11.3 Å². The Morgan fingerprint density at radius 3 is 2.73 bits per heavy atom. The maximum Gasteiger partial charge on any atom is 0.412 e. The van der Waals surface area contributed by atoms with Crippen LogP contribution in [0.2, 0.25) is 0 Å². The van der Waals surface area contributed by atoms with Crippen LogP contribution in [0.3, 0.4) is 0 Å². The molecule has 0 aromatic carbocycles. The van der Waals surface area contributed by atoms with Gasteiger partial charge in [0.2, 0.25) is 0 Å². The summed E-state index contributed by atoms with van der Waals surface area (Å²) >= 11 is 1.29. The highest BCUT2D eigenvalue weighted by Gasteiger charge is 2.16. The molecule has 0 aliphatic rings. The quantitative estimate of drug-likeness (QED) is 0.797. The van der Waals surface area contributed by atoms with Crippen molar-refractivity contribution in [2.45, 2.75) is 26.4 Å². The third-order valence-electron chi connectivity index (χ3n) is 1.35. The van der Waals surface area contributed by atoms with Gasteiger partial charge in [-0.2, -0.15) is 5.26 Å². The van der Waals surface area contributed by atoms with Crippen molar-refractivity contribution in [1.29, 1.82) is 5.26 Å². The molecule has 0 saturated heterocycles. The summed E-state index contributed by atoms with van der Waals surface area (Å²) in [5.41, 5.74) is 0.0189. The van der Waals surface area contributed by atoms with E-state index in [0.717, 1.165) is 0 Å². The predicted molar refractivity (Wildman–Crippen MR) is 58.9 cm³/mol. The number of nitrogens with one attached hydrogen (secondary N) is 1. The summed E-state index contributed by atoms with van der Waals surface area (Å²) in [6.07, 6.45) is -0.506. The molecule has 0 bridgehead atoms. The maximum absolute atomic E-state index is 11.3. The van der Waals surface area contributed by atoms with Crippen molar-refractivity contribution in [3.63, 3.8) is 0 Å². The zero-order valence-electron chi connectivity index (χ0n) is 8.83. The Morgan fingerprint density at radius 1 is 1.60 bits per heavy atom. The lowest BCUT2D eigenvalue weighted by molar-refractivity contribution is 0.0636. The zero-order valence-corrected chi connectivity index (χ0v) is 9.64. The van der Waals surface area contributed by atoms with E-state index in [2.05, 4.69) is 5.32 Å². The monoisotopic (exact) mass is 224 g/mol. The lowest BCUT2D eigenvalue weighted by Gasteiger charge is -2.19. The van der Waals surface area contributed by atoms with Gasteiger partial charge in [-0.05, 0) is 26.8 Å². The second-order valence-corrected chi connectivity index (χ2v) is 4.85. The van der Waals surface area contributed by atoms with Gasteiger partial charge in [-0.15, -0.1) is 11.3 Å². The Balaban J connectivity index is 2.56. The van der Waals surface area contributed by atoms with Gasteiger partial charge in [-0.25, -0.2) is 4.79 Å². The summed E-state index contributed by atoms with van der Waals surface area (Å²) in [6, 6.07) is 3.59. The van der Waals surface area contributed by atoms with Gasteiger partial charge in [0.05, 0.1) is 10.6 Å². The summed E-state index contributed by atoms with van der Waals surface area (Å²) in [6.45, 7) is 5.38. The van der Waals surface area contributed by atoms with Crippen LogP contribution in [-0.4, -0.2) is 11.7 Å². The lowest BCUT2D eigenvalue weighted by Crippen LogP contribution is -2.26. The van der Waals surface area contributed by atoms with E-state index in [-0.39, 0.29) is 0 Å². The van der Waals surface area contributed by atoms with Crippen molar-refractivity contribution < 1.29 is 9.53 Å². The van der Waals surface area contributed by atoms with E-state index in [1.807, 2.05) is 6.07 Å². The van der Waals surface area contributed by atoms with Gasteiger partial charge in [-0.1, -0.05) is 0 Å². The zero-order chi connectivity index (χ0) is 11.5. The smallest absolute Gasteiger partial charge is 0.412 e. The number of nitriles is 1. The highest BCUT2D eigenvalue weighted by molar-refractivity contribution is 7.14. The fraction of sp³-hybridized carbons (Fsp3) is 0.400. The summed E-state index contributed by atoms with van der Waals surface area (Å²) < 4.78 is 5.06. The molecule has 0 aliphatic carbocycles. The average Bonchev–Trinajstić information content (AvgIpc) is 2.48. The minimum absolute atomic E-state index is 0.506. The topological polar surface area (TPSA) is 62.1 Å². The Kier molecular flexibility index (Phi) is 3.32. The maximum atomic E-state index is 11.3. The van der Waals surface area contributed by atoms with Crippen LogP contribution in [0.1, 0.15) is 26.3 Å². The number of hydrogen-bond acceptors (Lipinski definition) is 4. The molecule has 1 aromatic rings. The molecule has 0 aliphatic heterocycles. The molecule has 1 heterocycles. The van der Waals surface area contributed by atoms with Crippen molar-refractivity contribution in [1.82, 2.24) is 0 Å². The average molecular weight is 224 g/mol. The van der Waals surface area contributed by atoms with Crippen molar-refractivity contribution >= 4 is 22.4 Å². The molecule has 1 N–H and O–H groups in total. The first-order chi connectivity index (χ1) is 6.90. The summed E-state index contributed by atoms with van der Waals surface area (Å²) in [5.74, 6) is 0. The SMILES string of the molecule is CC(C)(C)OC(=O)Nc1cc(C#N)cs1. The highest BCUT2D eigenvalue weighted by Crippen LogP contribution is 2.20. The number of thiophene rings is 1. The van der Waals surface area contributed by atoms with Crippen molar-refractivity contribution in [2.24, 2.45) is 0 Å². The van der Waals surface area contributed by atoms with E-state index in [9.17, 15) is 4.79 Å². The fourth-order valence-corrected chi connectivity index (χ4v) is 1.58. The van der Waals surface area contributed by atoms with Crippen LogP contribution < -0.4 is 5.32 Å². The molecule has 15 heavy (non-hydrogen) atoms. The third kappa shape index (κ3) is 4.00. The fourth-order valence-electron chi connectivity index (χ4n) is 0.865. The van der Waals surface area contributed by atoms with Crippen LogP contribution in [0.15, 0.2) is 11.4 Å². The largest absolute Gasteiger partial charge is 0.444 e. The second kappa shape index (κ2) is 4.32. The number of nitrogens with zero attached hydrogens (tertiary/aromatic N) is 1. The van der Waals surface area contributed by atoms with E-state index in [0.29, 0.717) is 10.6 Å². The van der Waals surface area contributed by atoms with Crippen LogP contribution in [-0.2, 0) is 4.74 Å². The van der Waals surface area contributed by atoms with Crippen LogP contribution in [0.25, 0.3) is 0 Å². The molecule has 0 atom stereocenters. The number of amides is 1. The third-order valence-corrected chi connectivity index (χ3v) is 2.20. The normalized spacial score (nSPS) is 10.5. The minimum Gasteiger partial charge on any atom is -0.444 e. The Bertz CT molecular complexity index is 398. The molecule has 0 spiro atoms. The van der Waals surface area contributed by atoms with E-state index >= 15 is 0 Å². The van der Waals surface area contributed by atoms with E-state index < -0.39 is 11.7 Å². The lowest BCUT2D eigenvalue weighted by atomic mass is 10.2. The molecule has 0 fully saturated rings. The number of ether oxygens (including phenoxy) is 1. The highest BCUT2D eigenvalue weighted by atomic mass is 32.1. The number of carbonyl (C=O) groups is 1. The standard InChI is InChI=1S/C10H12N2O2S/c1-10(2,3)14-9(13)12-8-4-7(5-11)6-15-8/h4,6H,1-3H3,(H,12,13). The first kappa shape index (κ1) is 11.5. The summed E-state index contributed by atoms with van der Waals surface area (Å²) in [4.78, 5) is 11.3. The molecule has 1 aromatic heterocycles. The van der Waals surface area contributed by atoms with Gasteiger partial charge in [0, 0.05) is 5.38 Å². The van der Waals surface area contributed by atoms with E-state index in [4.69, 9.17) is 10.00 Å². The van der Waals surface area contributed by atoms with Crippen molar-refractivity contribution in [2.75, 3.05) is 5.32 Å². The van der Waals surface area contributed by atoms with Gasteiger partial charge in [-0.3, -0.25) is 5.32 Å². The summed E-state index contributed by atoms with van der Waals surface area (Å²) in [5, 5.41) is 13.4. The van der Waals surface area contributed by atoms with Gasteiger partial charge in [0.25, 0.3) is 0 Å². The van der Waals surface area contributed by atoms with Gasteiger partial charge < -0.3 is 4.74 Å². The number of rotatable bonds is 1. The molecule has 5 heteroatoms. The first-order valence-corrected chi connectivity index (χ1v) is 5.27. The predicted octanol–water partition coefficient (Wildman–Crippen LogP) is 2.97. The van der Waals surface area contributed by atoms with Crippen LogP contribution in [0.5, 0.6) is 0 Å². The summed E-state index contributed by atoms with van der Waals surface area (Å²) in [7, 11) is 0. The molecule has 80 valence electrons. The molecule has 0 unspecified atom stereocenters. The molecular formula is C10H12N2O2S. The number of carbonyl (C=O) groups excluding carboxylic acids is 1. The van der Waals surface area contributed by atoms with Gasteiger partial charge in [0.1, 0.15) is 11.7 Å². The molecule has 0 saturated carbocycles. The van der Waals surface area contributed by atoms with Gasteiger partial charge >= 0.3 is 6.09 Å². The van der Waals surface area contributed by atoms with E-state index in [1.165, 1.54) is 11.3 Å².